The second-order valence-electron chi connectivity index (χ2n) is 4.38. The Balaban J connectivity index is 1.92. The summed E-state index contributed by atoms with van der Waals surface area (Å²) in [5.41, 5.74) is 0. The lowest BCUT2D eigenvalue weighted by Crippen LogP contribution is -2.33. The SMILES string of the molecule is Cc1ccc(C(C)NC(=O)C2CNC(=O)C2)s1. The molecule has 1 aromatic heterocycles. The number of aryl methyl sites for hydroxylation is 1. The van der Waals surface area contributed by atoms with E-state index < -0.39 is 0 Å². The van der Waals surface area contributed by atoms with Gasteiger partial charge in [0, 0.05) is 22.7 Å². The molecule has 17 heavy (non-hydrogen) atoms. The molecule has 0 aliphatic carbocycles. The normalized spacial score (nSPS) is 21.1. The molecule has 1 aliphatic heterocycles. The molecule has 92 valence electrons. The average Bonchev–Trinajstić information content (AvgIpc) is 2.87. The summed E-state index contributed by atoms with van der Waals surface area (Å²) >= 11 is 1.68. The first-order valence-electron chi connectivity index (χ1n) is 5.69. The second-order valence-corrected chi connectivity index (χ2v) is 5.70. The Morgan fingerprint density at radius 2 is 2.35 bits per heavy atom. The van der Waals surface area contributed by atoms with Gasteiger partial charge in [0.15, 0.2) is 0 Å². The van der Waals surface area contributed by atoms with Crippen molar-refractivity contribution in [1.82, 2.24) is 10.6 Å². The van der Waals surface area contributed by atoms with E-state index in [0.29, 0.717) is 13.0 Å². The highest BCUT2D eigenvalue weighted by Gasteiger charge is 2.28. The number of thiophene rings is 1. The fourth-order valence-electron chi connectivity index (χ4n) is 1.88. The van der Waals surface area contributed by atoms with Crippen molar-refractivity contribution in [3.05, 3.63) is 21.9 Å². The molecule has 0 aromatic carbocycles. The zero-order valence-electron chi connectivity index (χ0n) is 9.95. The molecule has 1 aromatic rings. The maximum absolute atomic E-state index is 11.9. The molecular formula is C12H16N2O2S. The van der Waals surface area contributed by atoms with E-state index in [1.54, 1.807) is 11.3 Å². The molecular weight excluding hydrogens is 236 g/mol. The number of nitrogens with one attached hydrogen (secondary N) is 2. The molecule has 5 heteroatoms. The van der Waals surface area contributed by atoms with Gasteiger partial charge < -0.3 is 10.6 Å². The van der Waals surface area contributed by atoms with Crippen LogP contribution in [0.5, 0.6) is 0 Å². The highest BCUT2D eigenvalue weighted by Crippen LogP contribution is 2.23. The molecule has 2 heterocycles. The Bertz CT molecular complexity index is 441. The third-order valence-electron chi connectivity index (χ3n) is 2.89. The molecule has 0 spiro atoms. The van der Waals surface area contributed by atoms with Crippen LogP contribution < -0.4 is 10.6 Å². The van der Waals surface area contributed by atoms with E-state index in [2.05, 4.69) is 10.6 Å². The molecule has 4 nitrogen and oxygen atoms in total. The number of hydrogen-bond acceptors (Lipinski definition) is 3. The maximum atomic E-state index is 11.9. The number of amides is 2. The van der Waals surface area contributed by atoms with Crippen molar-refractivity contribution in [2.45, 2.75) is 26.3 Å². The van der Waals surface area contributed by atoms with Crippen LogP contribution in [-0.2, 0) is 9.59 Å². The highest BCUT2D eigenvalue weighted by molar-refractivity contribution is 7.12. The fourth-order valence-corrected chi connectivity index (χ4v) is 2.76. The number of carbonyl (C=O) groups excluding carboxylic acids is 2. The summed E-state index contributed by atoms with van der Waals surface area (Å²) in [7, 11) is 0. The fraction of sp³-hybridized carbons (Fsp3) is 0.500. The first-order valence-corrected chi connectivity index (χ1v) is 6.51. The average molecular weight is 252 g/mol. The van der Waals surface area contributed by atoms with Crippen molar-refractivity contribution < 1.29 is 9.59 Å². The standard InChI is InChI=1S/C12H16N2O2S/c1-7-3-4-10(17-7)8(2)14-12(16)9-5-11(15)13-6-9/h3-4,8-9H,5-6H2,1-2H3,(H,13,15)(H,14,16). The summed E-state index contributed by atoms with van der Waals surface area (Å²) < 4.78 is 0. The van der Waals surface area contributed by atoms with Crippen molar-refractivity contribution in [1.29, 1.82) is 0 Å². The van der Waals surface area contributed by atoms with Gasteiger partial charge in [-0.1, -0.05) is 0 Å². The predicted molar refractivity (Wildman–Crippen MR) is 66.7 cm³/mol. The van der Waals surface area contributed by atoms with E-state index in [0.717, 1.165) is 4.88 Å². The van der Waals surface area contributed by atoms with Crippen LogP contribution in [0.25, 0.3) is 0 Å². The minimum Gasteiger partial charge on any atom is -0.355 e. The molecule has 2 N–H and O–H groups in total. The molecule has 2 unspecified atom stereocenters. The topological polar surface area (TPSA) is 58.2 Å². The molecule has 1 saturated heterocycles. The van der Waals surface area contributed by atoms with Gasteiger partial charge in [0.2, 0.25) is 11.8 Å². The summed E-state index contributed by atoms with van der Waals surface area (Å²) in [6, 6.07) is 4.09. The van der Waals surface area contributed by atoms with Crippen LogP contribution in [0.15, 0.2) is 12.1 Å². The number of carbonyl (C=O) groups is 2. The second kappa shape index (κ2) is 4.87. The zero-order chi connectivity index (χ0) is 12.4. The van der Waals surface area contributed by atoms with Crippen molar-refractivity contribution in [3.8, 4) is 0 Å². The van der Waals surface area contributed by atoms with Crippen LogP contribution in [0.4, 0.5) is 0 Å². The van der Waals surface area contributed by atoms with Crippen molar-refractivity contribution >= 4 is 23.2 Å². The third kappa shape index (κ3) is 2.85. The van der Waals surface area contributed by atoms with E-state index in [4.69, 9.17) is 0 Å². The molecule has 0 radical (unpaired) electrons. The smallest absolute Gasteiger partial charge is 0.225 e. The third-order valence-corrected chi connectivity index (χ3v) is 4.08. The van der Waals surface area contributed by atoms with Gasteiger partial charge in [-0.15, -0.1) is 11.3 Å². The van der Waals surface area contributed by atoms with E-state index in [1.807, 2.05) is 26.0 Å². The van der Waals surface area contributed by atoms with E-state index in [9.17, 15) is 9.59 Å². The first kappa shape index (κ1) is 12.1. The quantitative estimate of drug-likeness (QED) is 0.853. The van der Waals surface area contributed by atoms with Gasteiger partial charge in [-0.25, -0.2) is 0 Å². The Labute approximate surface area is 104 Å². The van der Waals surface area contributed by atoms with Crippen LogP contribution in [0.3, 0.4) is 0 Å². The molecule has 2 atom stereocenters. The number of rotatable bonds is 3. The molecule has 0 saturated carbocycles. The minimum atomic E-state index is -0.217. The van der Waals surface area contributed by atoms with Crippen molar-refractivity contribution in [3.63, 3.8) is 0 Å². The summed E-state index contributed by atoms with van der Waals surface area (Å²) in [4.78, 5) is 25.3. The number of hydrogen-bond donors (Lipinski definition) is 2. The monoisotopic (exact) mass is 252 g/mol. The zero-order valence-corrected chi connectivity index (χ0v) is 10.8. The molecule has 2 rings (SSSR count). The lowest BCUT2D eigenvalue weighted by Gasteiger charge is -2.14. The van der Waals surface area contributed by atoms with Crippen LogP contribution in [0.2, 0.25) is 0 Å². The molecule has 2 amide bonds. The van der Waals surface area contributed by atoms with Crippen LogP contribution in [-0.4, -0.2) is 18.4 Å². The van der Waals surface area contributed by atoms with Gasteiger partial charge >= 0.3 is 0 Å². The Morgan fingerprint density at radius 1 is 1.59 bits per heavy atom. The van der Waals surface area contributed by atoms with E-state index in [-0.39, 0.29) is 23.8 Å². The van der Waals surface area contributed by atoms with Gasteiger partial charge in [0.05, 0.1) is 12.0 Å². The van der Waals surface area contributed by atoms with Gasteiger partial charge in [-0.2, -0.15) is 0 Å². The summed E-state index contributed by atoms with van der Waals surface area (Å²) in [5, 5.41) is 5.62. The van der Waals surface area contributed by atoms with Gasteiger partial charge in [0.1, 0.15) is 0 Å². The summed E-state index contributed by atoms with van der Waals surface area (Å²) in [5.74, 6) is -0.294. The maximum Gasteiger partial charge on any atom is 0.225 e. The summed E-state index contributed by atoms with van der Waals surface area (Å²) in [6.45, 7) is 4.47. The highest BCUT2D eigenvalue weighted by atomic mass is 32.1. The van der Waals surface area contributed by atoms with Crippen molar-refractivity contribution in [2.75, 3.05) is 6.54 Å². The van der Waals surface area contributed by atoms with Crippen LogP contribution in [0.1, 0.15) is 29.1 Å². The lowest BCUT2D eigenvalue weighted by atomic mass is 10.1. The first-order chi connectivity index (χ1) is 8.06. The molecule has 0 bridgehead atoms. The van der Waals surface area contributed by atoms with Gasteiger partial charge in [-0.05, 0) is 26.0 Å². The van der Waals surface area contributed by atoms with Crippen LogP contribution in [0, 0.1) is 12.8 Å². The van der Waals surface area contributed by atoms with E-state index >= 15 is 0 Å². The van der Waals surface area contributed by atoms with E-state index in [1.165, 1.54) is 4.88 Å². The van der Waals surface area contributed by atoms with Crippen molar-refractivity contribution in [2.24, 2.45) is 5.92 Å². The molecule has 1 fully saturated rings. The Kier molecular flexibility index (Phi) is 3.47. The van der Waals surface area contributed by atoms with Crippen LogP contribution >= 0.6 is 11.3 Å². The lowest BCUT2D eigenvalue weighted by molar-refractivity contribution is -0.127. The molecule has 1 aliphatic rings. The Morgan fingerprint density at radius 3 is 2.88 bits per heavy atom. The predicted octanol–water partition coefficient (Wildman–Crippen LogP) is 1.37. The van der Waals surface area contributed by atoms with Gasteiger partial charge in [0.25, 0.3) is 0 Å². The minimum absolute atomic E-state index is 0.0110. The summed E-state index contributed by atoms with van der Waals surface area (Å²) in [6.07, 6.45) is 0.308. The van der Waals surface area contributed by atoms with Gasteiger partial charge in [-0.3, -0.25) is 9.59 Å². The Hall–Kier alpha value is -1.36. The largest absolute Gasteiger partial charge is 0.355 e.